The van der Waals surface area contributed by atoms with Crippen molar-refractivity contribution in [3.8, 4) is 0 Å². The standard InChI is InChI=1S/C49H50O17/c1-27-35(52-22-28-14-6-2-7-15-28)39(62-47-43-41(64-49(51)66-43)38-34(59-47)26-55-45(61-38)31-20-12-5-13-21-31)36(53-23-29-16-8-3-9-17-29)32(57-27)24-56-46-42-40(63-48(50)65-42)37-33(58-46)25-54-44(60-37)30-18-10-4-11-19-30/h2-21,27,32-47H,22-26H2,1H3/t27-,32?,33?,34?,35?,36?,37+,38+,39+,40-,41-,42?,43?,44?,45?,46-,47+/m0/s1. The second-order valence-electron chi connectivity index (χ2n) is 17.1. The molecule has 0 saturated carbocycles. The highest BCUT2D eigenvalue weighted by Gasteiger charge is 2.61. The monoisotopic (exact) mass is 910 g/mol. The normalized spacial score (nSPS) is 38.0. The van der Waals surface area contributed by atoms with Gasteiger partial charge >= 0.3 is 12.3 Å². The zero-order valence-electron chi connectivity index (χ0n) is 35.8. The van der Waals surface area contributed by atoms with Crippen LogP contribution in [-0.2, 0) is 84.3 Å². The third kappa shape index (κ3) is 9.05. The highest BCUT2D eigenvalue weighted by atomic mass is 16.8. The lowest BCUT2D eigenvalue weighted by molar-refractivity contribution is -0.373. The van der Waals surface area contributed by atoms with Gasteiger partial charge in [0.05, 0.1) is 39.1 Å². The molecule has 4 aromatic carbocycles. The summed E-state index contributed by atoms with van der Waals surface area (Å²) in [4.78, 5) is 25.6. The fourth-order valence-electron chi connectivity index (χ4n) is 9.61. The summed E-state index contributed by atoms with van der Waals surface area (Å²) in [5.74, 6) is 0. The Kier molecular flexibility index (Phi) is 12.7. The predicted molar refractivity (Wildman–Crippen MR) is 223 cm³/mol. The minimum Gasteiger partial charge on any atom is -0.424 e. The molecule has 7 aliphatic heterocycles. The van der Waals surface area contributed by atoms with E-state index in [4.69, 9.17) is 71.1 Å². The molecule has 17 nitrogen and oxygen atoms in total. The number of ether oxygens (including phenoxy) is 15. The van der Waals surface area contributed by atoms with E-state index in [0.29, 0.717) is 0 Å². The van der Waals surface area contributed by atoms with Crippen LogP contribution in [0.2, 0.25) is 0 Å². The molecule has 348 valence electrons. The van der Waals surface area contributed by atoms with Crippen LogP contribution in [0.25, 0.3) is 0 Å². The number of carbonyl (C=O) groups is 2. The Morgan fingerprint density at radius 1 is 0.470 bits per heavy atom. The fourth-order valence-corrected chi connectivity index (χ4v) is 9.61. The lowest BCUT2D eigenvalue weighted by atomic mass is 9.93. The highest BCUT2D eigenvalue weighted by Crippen LogP contribution is 2.43. The summed E-state index contributed by atoms with van der Waals surface area (Å²) in [5, 5.41) is 0. The van der Waals surface area contributed by atoms with Gasteiger partial charge < -0.3 is 71.1 Å². The van der Waals surface area contributed by atoms with Crippen molar-refractivity contribution in [2.75, 3.05) is 19.8 Å². The molecule has 0 amide bonds. The summed E-state index contributed by atoms with van der Waals surface area (Å²) in [5.41, 5.74) is 3.44. The summed E-state index contributed by atoms with van der Waals surface area (Å²) >= 11 is 0. The lowest BCUT2D eigenvalue weighted by Crippen LogP contribution is -2.66. The third-order valence-corrected chi connectivity index (χ3v) is 12.8. The minimum atomic E-state index is -1.17. The van der Waals surface area contributed by atoms with Gasteiger partial charge in [0, 0.05) is 11.1 Å². The first-order valence-electron chi connectivity index (χ1n) is 22.3. The predicted octanol–water partition coefficient (Wildman–Crippen LogP) is 5.83. The SMILES string of the molecule is C[C@@H]1OC(CO[C@H]2OC3COC(c4ccccc4)O[C@H]3[C@@H]3OC(=O)OC23)C(OCc2ccccc2)[C@H](O[C@H]2OC3COC(c4ccccc4)O[C@H]3[C@@H]3OC(=O)OC23)C1OCc1ccccc1. The lowest BCUT2D eigenvalue weighted by Gasteiger charge is -2.49. The molecule has 7 aliphatic rings. The van der Waals surface area contributed by atoms with E-state index in [0.717, 1.165) is 22.3 Å². The molecule has 17 atom stereocenters. The van der Waals surface area contributed by atoms with Gasteiger partial charge in [-0.3, -0.25) is 0 Å². The van der Waals surface area contributed by atoms with Crippen LogP contribution in [0, 0.1) is 0 Å². The Balaban J connectivity index is 0.864. The summed E-state index contributed by atoms with van der Waals surface area (Å²) in [6.07, 6.45) is -15.9. The number of carbonyl (C=O) groups excluding carboxylic acids is 2. The largest absolute Gasteiger partial charge is 0.509 e. The molecule has 66 heavy (non-hydrogen) atoms. The van der Waals surface area contributed by atoms with Gasteiger partial charge in [-0.15, -0.1) is 0 Å². The molecular weight excluding hydrogens is 861 g/mol. The van der Waals surface area contributed by atoms with Gasteiger partial charge in [-0.1, -0.05) is 121 Å². The molecule has 7 heterocycles. The molecule has 9 unspecified atom stereocenters. The number of hydrogen-bond donors (Lipinski definition) is 0. The van der Waals surface area contributed by atoms with Gasteiger partial charge in [0.2, 0.25) is 0 Å². The van der Waals surface area contributed by atoms with Crippen molar-refractivity contribution in [1.29, 1.82) is 0 Å². The molecular formula is C49H50O17. The zero-order chi connectivity index (χ0) is 44.6. The second kappa shape index (κ2) is 19.3. The Morgan fingerprint density at radius 2 is 0.924 bits per heavy atom. The molecule has 17 heteroatoms. The summed E-state index contributed by atoms with van der Waals surface area (Å²) < 4.78 is 94.7. The van der Waals surface area contributed by atoms with Crippen LogP contribution in [0.1, 0.15) is 41.8 Å². The van der Waals surface area contributed by atoms with Crippen LogP contribution < -0.4 is 0 Å². The van der Waals surface area contributed by atoms with Crippen molar-refractivity contribution in [1.82, 2.24) is 0 Å². The Morgan fingerprint density at radius 3 is 1.45 bits per heavy atom. The summed E-state index contributed by atoms with van der Waals surface area (Å²) in [6, 6.07) is 38.4. The van der Waals surface area contributed by atoms with Crippen LogP contribution >= 0.6 is 0 Å². The molecule has 7 saturated heterocycles. The maximum absolute atomic E-state index is 12.9. The quantitative estimate of drug-likeness (QED) is 0.147. The van der Waals surface area contributed by atoms with Crippen LogP contribution in [0.4, 0.5) is 9.59 Å². The van der Waals surface area contributed by atoms with E-state index in [1.54, 1.807) is 0 Å². The van der Waals surface area contributed by atoms with Crippen molar-refractivity contribution in [3.63, 3.8) is 0 Å². The van der Waals surface area contributed by atoms with Crippen molar-refractivity contribution >= 4 is 12.3 Å². The van der Waals surface area contributed by atoms with E-state index in [2.05, 4.69) is 0 Å². The molecule has 0 bridgehead atoms. The summed E-state index contributed by atoms with van der Waals surface area (Å²) in [7, 11) is 0. The average molecular weight is 911 g/mol. The molecule has 7 fully saturated rings. The first-order valence-corrected chi connectivity index (χ1v) is 22.3. The summed E-state index contributed by atoms with van der Waals surface area (Å²) in [6.45, 7) is 2.40. The van der Waals surface area contributed by atoms with E-state index in [1.165, 1.54) is 0 Å². The maximum atomic E-state index is 12.9. The first-order chi connectivity index (χ1) is 32.4. The molecule has 0 radical (unpaired) electrons. The van der Waals surface area contributed by atoms with E-state index in [-0.39, 0.29) is 33.0 Å². The van der Waals surface area contributed by atoms with Gasteiger partial charge in [-0.2, -0.15) is 0 Å². The fraction of sp³-hybridized carbons (Fsp3) is 0.469. The van der Waals surface area contributed by atoms with Crippen molar-refractivity contribution in [3.05, 3.63) is 144 Å². The van der Waals surface area contributed by atoms with Gasteiger partial charge in [0.25, 0.3) is 0 Å². The molecule has 4 aromatic rings. The number of benzene rings is 4. The van der Waals surface area contributed by atoms with Crippen LogP contribution in [-0.4, -0.2) is 124 Å². The van der Waals surface area contributed by atoms with Crippen molar-refractivity contribution in [2.24, 2.45) is 0 Å². The first kappa shape index (κ1) is 43.5. The second-order valence-corrected chi connectivity index (χ2v) is 17.1. The molecule has 0 spiro atoms. The molecule has 0 aromatic heterocycles. The van der Waals surface area contributed by atoms with E-state index in [1.807, 2.05) is 128 Å². The minimum absolute atomic E-state index is 0.116. The van der Waals surface area contributed by atoms with E-state index >= 15 is 0 Å². The topological polar surface area (TPSA) is 173 Å². The van der Waals surface area contributed by atoms with E-state index < -0.39 is 117 Å². The molecule has 11 rings (SSSR count). The number of fused-ring (bicyclic) bond motifs is 6. The van der Waals surface area contributed by atoms with Gasteiger partial charge in [0.15, 0.2) is 49.6 Å². The van der Waals surface area contributed by atoms with Gasteiger partial charge in [0.1, 0.15) is 48.8 Å². The smallest absolute Gasteiger partial charge is 0.424 e. The van der Waals surface area contributed by atoms with Crippen molar-refractivity contribution < 1.29 is 80.6 Å². The maximum Gasteiger partial charge on any atom is 0.509 e. The van der Waals surface area contributed by atoms with Crippen molar-refractivity contribution in [2.45, 2.75) is 125 Å². The number of hydrogen-bond acceptors (Lipinski definition) is 17. The average Bonchev–Trinajstić information content (AvgIpc) is 3.96. The molecule has 0 aliphatic carbocycles. The van der Waals surface area contributed by atoms with E-state index in [9.17, 15) is 9.59 Å². The zero-order valence-corrected chi connectivity index (χ0v) is 35.8. The highest BCUT2D eigenvalue weighted by molar-refractivity contribution is 5.63. The Hall–Kier alpha value is -5.02. The van der Waals surface area contributed by atoms with Crippen LogP contribution in [0.5, 0.6) is 0 Å². The van der Waals surface area contributed by atoms with Gasteiger partial charge in [-0.05, 0) is 18.1 Å². The molecule has 0 N–H and O–H groups in total. The van der Waals surface area contributed by atoms with Crippen LogP contribution in [0.3, 0.4) is 0 Å². The van der Waals surface area contributed by atoms with Gasteiger partial charge in [-0.25, -0.2) is 9.59 Å². The third-order valence-electron chi connectivity index (χ3n) is 12.8. The number of rotatable bonds is 13. The van der Waals surface area contributed by atoms with Crippen LogP contribution in [0.15, 0.2) is 121 Å². The Bertz CT molecular complexity index is 2240. The Labute approximate surface area is 380 Å².